The van der Waals surface area contributed by atoms with Gasteiger partial charge in [0.2, 0.25) is 0 Å². The van der Waals surface area contributed by atoms with E-state index in [9.17, 15) is 4.79 Å². The average molecular weight is 224 g/mol. The topological polar surface area (TPSA) is 70.4 Å². The summed E-state index contributed by atoms with van der Waals surface area (Å²) < 4.78 is 1.85. The average Bonchev–Trinajstić information content (AvgIpc) is 2.64. The minimum atomic E-state index is -0.844. The lowest BCUT2D eigenvalue weighted by Crippen LogP contribution is -2.53. The van der Waals surface area contributed by atoms with Crippen molar-refractivity contribution >= 4 is 6.09 Å². The van der Waals surface area contributed by atoms with Gasteiger partial charge < -0.3 is 15.3 Å². The summed E-state index contributed by atoms with van der Waals surface area (Å²) in [6.07, 6.45) is 2.92. The number of nitrogens with one attached hydrogen (secondary N) is 1. The largest absolute Gasteiger partial charge is 0.465 e. The zero-order valence-electron chi connectivity index (χ0n) is 9.26. The third-order valence-electron chi connectivity index (χ3n) is 2.70. The number of hydrogen-bond donors (Lipinski definition) is 2. The van der Waals surface area contributed by atoms with E-state index >= 15 is 0 Å². The van der Waals surface area contributed by atoms with Gasteiger partial charge in [0, 0.05) is 31.9 Å². The van der Waals surface area contributed by atoms with Crippen molar-refractivity contribution in [1.82, 2.24) is 20.0 Å². The number of piperazine rings is 1. The molecular formula is C10H16N4O2. The molecular weight excluding hydrogens is 208 g/mol. The quantitative estimate of drug-likeness (QED) is 0.750. The van der Waals surface area contributed by atoms with Gasteiger partial charge in [0.15, 0.2) is 0 Å². The van der Waals surface area contributed by atoms with E-state index in [2.05, 4.69) is 10.4 Å². The molecule has 1 aromatic rings. The van der Waals surface area contributed by atoms with Crippen LogP contribution in [-0.2, 0) is 6.54 Å². The molecule has 16 heavy (non-hydrogen) atoms. The number of carboxylic acid groups (broad SMARTS) is 1. The van der Waals surface area contributed by atoms with E-state index in [1.165, 1.54) is 4.90 Å². The van der Waals surface area contributed by atoms with Crippen molar-refractivity contribution in [2.45, 2.75) is 19.5 Å². The molecule has 6 nitrogen and oxygen atoms in total. The van der Waals surface area contributed by atoms with Crippen molar-refractivity contribution in [3.8, 4) is 0 Å². The lowest BCUT2D eigenvalue weighted by Gasteiger charge is -2.31. The first-order chi connectivity index (χ1) is 7.65. The SMILES string of the molecule is Cc1cnn(C[C@@H]2CN(C(=O)O)CCN2)c1. The molecule has 0 saturated carbocycles. The van der Waals surface area contributed by atoms with Crippen LogP contribution in [0.5, 0.6) is 0 Å². The molecule has 1 fully saturated rings. The van der Waals surface area contributed by atoms with Crippen molar-refractivity contribution in [3.63, 3.8) is 0 Å². The molecule has 0 aliphatic carbocycles. The molecule has 1 saturated heterocycles. The summed E-state index contributed by atoms with van der Waals surface area (Å²) in [5, 5.41) is 16.4. The Balaban J connectivity index is 1.92. The van der Waals surface area contributed by atoms with Crippen LogP contribution >= 0.6 is 0 Å². The van der Waals surface area contributed by atoms with Gasteiger partial charge in [-0.1, -0.05) is 0 Å². The van der Waals surface area contributed by atoms with Crippen LogP contribution in [0.2, 0.25) is 0 Å². The van der Waals surface area contributed by atoms with Crippen LogP contribution in [0.15, 0.2) is 12.4 Å². The monoisotopic (exact) mass is 224 g/mol. The third kappa shape index (κ3) is 2.52. The van der Waals surface area contributed by atoms with Crippen LogP contribution in [0.25, 0.3) is 0 Å². The minimum absolute atomic E-state index is 0.143. The van der Waals surface area contributed by atoms with Crippen LogP contribution in [0.4, 0.5) is 4.79 Å². The van der Waals surface area contributed by atoms with E-state index in [1.54, 1.807) is 6.20 Å². The van der Waals surface area contributed by atoms with Crippen LogP contribution in [0, 0.1) is 6.92 Å². The van der Waals surface area contributed by atoms with Gasteiger partial charge in [-0.3, -0.25) is 4.68 Å². The molecule has 1 atom stereocenters. The van der Waals surface area contributed by atoms with Gasteiger partial charge in [-0.15, -0.1) is 0 Å². The molecule has 1 amide bonds. The first-order valence-corrected chi connectivity index (χ1v) is 5.35. The second-order valence-corrected chi connectivity index (χ2v) is 4.12. The summed E-state index contributed by atoms with van der Waals surface area (Å²) >= 11 is 0. The molecule has 0 aromatic carbocycles. The van der Waals surface area contributed by atoms with Crippen LogP contribution < -0.4 is 5.32 Å². The fourth-order valence-electron chi connectivity index (χ4n) is 1.91. The highest BCUT2D eigenvalue weighted by molar-refractivity contribution is 5.65. The molecule has 1 aromatic heterocycles. The summed E-state index contributed by atoms with van der Waals surface area (Å²) in [6.45, 7) is 4.48. The number of carbonyl (C=O) groups is 1. The fraction of sp³-hybridized carbons (Fsp3) is 0.600. The highest BCUT2D eigenvalue weighted by atomic mass is 16.4. The molecule has 6 heteroatoms. The Kier molecular flexibility index (Phi) is 3.09. The maximum absolute atomic E-state index is 10.8. The molecule has 0 spiro atoms. The number of nitrogens with zero attached hydrogens (tertiary/aromatic N) is 3. The van der Waals surface area contributed by atoms with Gasteiger partial charge in [-0.2, -0.15) is 5.10 Å². The Labute approximate surface area is 93.9 Å². The van der Waals surface area contributed by atoms with E-state index in [1.807, 2.05) is 17.8 Å². The summed E-state index contributed by atoms with van der Waals surface area (Å²) in [6, 6.07) is 0.143. The number of amides is 1. The summed E-state index contributed by atoms with van der Waals surface area (Å²) in [7, 11) is 0. The number of aryl methyl sites for hydroxylation is 1. The molecule has 2 N–H and O–H groups in total. The maximum Gasteiger partial charge on any atom is 0.407 e. The number of hydrogen-bond acceptors (Lipinski definition) is 3. The van der Waals surface area contributed by atoms with Crippen molar-refractivity contribution in [2.24, 2.45) is 0 Å². The predicted octanol–water partition coefficient (Wildman–Crippen LogP) is 0.143. The number of rotatable bonds is 2. The molecule has 0 unspecified atom stereocenters. The maximum atomic E-state index is 10.8. The van der Waals surface area contributed by atoms with Gasteiger partial charge in [0.25, 0.3) is 0 Å². The first-order valence-electron chi connectivity index (χ1n) is 5.35. The molecule has 2 rings (SSSR count). The molecule has 1 aliphatic rings. The molecule has 1 aliphatic heterocycles. The smallest absolute Gasteiger partial charge is 0.407 e. The Hall–Kier alpha value is -1.56. The lowest BCUT2D eigenvalue weighted by atomic mass is 10.2. The number of aromatic nitrogens is 2. The van der Waals surface area contributed by atoms with E-state index in [0.29, 0.717) is 26.2 Å². The van der Waals surface area contributed by atoms with Crippen LogP contribution in [-0.4, -0.2) is 51.6 Å². The van der Waals surface area contributed by atoms with Crippen molar-refractivity contribution < 1.29 is 9.90 Å². The lowest BCUT2D eigenvalue weighted by molar-refractivity contribution is 0.125. The summed E-state index contributed by atoms with van der Waals surface area (Å²) in [5.41, 5.74) is 1.12. The zero-order chi connectivity index (χ0) is 11.5. The second-order valence-electron chi connectivity index (χ2n) is 4.12. The Bertz CT molecular complexity index is 377. The van der Waals surface area contributed by atoms with Gasteiger partial charge in [-0.25, -0.2) is 4.79 Å². The Morgan fingerprint density at radius 1 is 1.75 bits per heavy atom. The van der Waals surface area contributed by atoms with Crippen molar-refractivity contribution in [2.75, 3.05) is 19.6 Å². The van der Waals surface area contributed by atoms with Gasteiger partial charge >= 0.3 is 6.09 Å². The van der Waals surface area contributed by atoms with E-state index < -0.39 is 6.09 Å². The first kappa shape index (κ1) is 10.9. The van der Waals surface area contributed by atoms with Gasteiger partial charge in [0.1, 0.15) is 0 Å². The highest BCUT2D eigenvalue weighted by Crippen LogP contribution is 2.03. The molecule has 2 heterocycles. The predicted molar refractivity (Wildman–Crippen MR) is 58.4 cm³/mol. The summed E-state index contributed by atoms with van der Waals surface area (Å²) in [4.78, 5) is 12.3. The van der Waals surface area contributed by atoms with E-state index in [4.69, 9.17) is 5.11 Å². The van der Waals surface area contributed by atoms with Crippen molar-refractivity contribution in [3.05, 3.63) is 18.0 Å². The molecule has 0 bridgehead atoms. The zero-order valence-corrected chi connectivity index (χ0v) is 9.26. The molecule has 0 radical (unpaired) electrons. The highest BCUT2D eigenvalue weighted by Gasteiger charge is 2.22. The van der Waals surface area contributed by atoms with E-state index in [-0.39, 0.29) is 6.04 Å². The standard InChI is InChI=1S/C10H16N4O2/c1-8-4-12-14(5-8)7-9-6-13(10(15)16)3-2-11-9/h4-5,9,11H,2-3,6-7H2,1H3,(H,15,16)/t9-/m0/s1. The third-order valence-corrected chi connectivity index (χ3v) is 2.70. The van der Waals surface area contributed by atoms with Gasteiger partial charge in [-0.05, 0) is 12.5 Å². The van der Waals surface area contributed by atoms with Crippen LogP contribution in [0.3, 0.4) is 0 Å². The fourth-order valence-corrected chi connectivity index (χ4v) is 1.91. The van der Waals surface area contributed by atoms with Crippen LogP contribution in [0.1, 0.15) is 5.56 Å². The van der Waals surface area contributed by atoms with Gasteiger partial charge in [0.05, 0.1) is 12.7 Å². The second kappa shape index (κ2) is 4.52. The Morgan fingerprint density at radius 2 is 2.56 bits per heavy atom. The molecule has 88 valence electrons. The Morgan fingerprint density at radius 3 is 3.19 bits per heavy atom. The summed E-state index contributed by atoms with van der Waals surface area (Å²) in [5.74, 6) is 0. The van der Waals surface area contributed by atoms with E-state index in [0.717, 1.165) is 5.56 Å². The minimum Gasteiger partial charge on any atom is -0.465 e. The normalized spacial score (nSPS) is 21.1. The van der Waals surface area contributed by atoms with Crippen molar-refractivity contribution in [1.29, 1.82) is 0 Å².